The molecule has 5 nitrogen and oxygen atoms in total. The molecule has 2 fully saturated rings. The molecule has 1 saturated carbocycles. The minimum absolute atomic E-state index is 0.261. The van der Waals surface area contributed by atoms with Crippen molar-refractivity contribution in [2.45, 2.75) is 43.7 Å². The van der Waals surface area contributed by atoms with E-state index in [4.69, 9.17) is 5.11 Å². The molecule has 104 valence electrons. The van der Waals surface area contributed by atoms with Crippen molar-refractivity contribution in [1.82, 2.24) is 10.2 Å². The summed E-state index contributed by atoms with van der Waals surface area (Å²) < 4.78 is 0. The van der Waals surface area contributed by atoms with E-state index in [0.29, 0.717) is 38.3 Å². The van der Waals surface area contributed by atoms with Gasteiger partial charge in [0, 0.05) is 19.1 Å². The fraction of sp³-hybridized carbons (Fsp3) is 0.923. The van der Waals surface area contributed by atoms with Crippen LogP contribution in [0.4, 0.5) is 0 Å². The molecule has 0 aromatic rings. The molecule has 0 bridgehead atoms. The van der Waals surface area contributed by atoms with Gasteiger partial charge in [0.2, 0.25) is 0 Å². The minimum Gasteiger partial charge on any atom is -0.481 e. The molecule has 1 aliphatic carbocycles. The highest BCUT2D eigenvalue weighted by molar-refractivity contribution is 5.70. The summed E-state index contributed by atoms with van der Waals surface area (Å²) in [7, 11) is 2.11. The molecule has 2 aliphatic rings. The number of rotatable bonds is 4. The quantitative estimate of drug-likeness (QED) is 0.674. The van der Waals surface area contributed by atoms with E-state index in [1.54, 1.807) is 0 Å². The highest BCUT2D eigenvalue weighted by Crippen LogP contribution is 2.32. The number of nitrogens with zero attached hydrogens (tertiary/aromatic N) is 1. The lowest BCUT2D eigenvalue weighted by Crippen LogP contribution is -2.47. The van der Waals surface area contributed by atoms with E-state index in [1.165, 1.54) is 0 Å². The molecule has 1 aliphatic heterocycles. The van der Waals surface area contributed by atoms with E-state index < -0.39 is 11.6 Å². The van der Waals surface area contributed by atoms with Crippen molar-refractivity contribution >= 4 is 5.97 Å². The lowest BCUT2D eigenvalue weighted by molar-refractivity contribution is -0.144. The maximum absolute atomic E-state index is 10.9. The van der Waals surface area contributed by atoms with Crippen molar-refractivity contribution in [1.29, 1.82) is 0 Å². The highest BCUT2D eigenvalue weighted by Gasteiger charge is 2.36. The van der Waals surface area contributed by atoms with Gasteiger partial charge in [0.25, 0.3) is 0 Å². The van der Waals surface area contributed by atoms with Crippen molar-refractivity contribution in [3.8, 4) is 0 Å². The van der Waals surface area contributed by atoms with E-state index >= 15 is 0 Å². The van der Waals surface area contributed by atoms with Gasteiger partial charge in [-0.1, -0.05) is 0 Å². The van der Waals surface area contributed by atoms with Crippen LogP contribution in [0.25, 0.3) is 0 Å². The molecular formula is C13H24N2O3. The fourth-order valence-electron chi connectivity index (χ4n) is 3.01. The van der Waals surface area contributed by atoms with Crippen LogP contribution in [0.3, 0.4) is 0 Å². The van der Waals surface area contributed by atoms with Crippen molar-refractivity contribution in [3.63, 3.8) is 0 Å². The lowest BCUT2D eigenvalue weighted by Gasteiger charge is -2.35. The van der Waals surface area contributed by atoms with Gasteiger partial charge in [0.15, 0.2) is 0 Å². The van der Waals surface area contributed by atoms with Gasteiger partial charge in [0.05, 0.1) is 11.5 Å². The Morgan fingerprint density at radius 3 is 2.56 bits per heavy atom. The zero-order chi connectivity index (χ0) is 13.2. The van der Waals surface area contributed by atoms with Gasteiger partial charge in [-0.15, -0.1) is 0 Å². The second kappa shape index (κ2) is 5.55. The molecule has 0 amide bonds. The second-order valence-electron chi connectivity index (χ2n) is 5.97. The van der Waals surface area contributed by atoms with Crippen LogP contribution in [-0.4, -0.2) is 59.4 Å². The molecule has 18 heavy (non-hydrogen) atoms. The first kappa shape index (κ1) is 13.8. The summed E-state index contributed by atoms with van der Waals surface area (Å²) in [5.74, 6) is -0.981. The number of hydrogen-bond acceptors (Lipinski definition) is 4. The Kier molecular flexibility index (Phi) is 4.25. The van der Waals surface area contributed by atoms with E-state index in [1.807, 2.05) is 0 Å². The third-order valence-electron chi connectivity index (χ3n) is 4.38. The number of hydrogen-bond donors (Lipinski definition) is 3. The predicted octanol–water partition coefficient (Wildman–Crippen LogP) is 0.286. The number of nitrogens with one attached hydrogen (secondary N) is 1. The molecule has 1 atom stereocenters. The smallest absolute Gasteiger partial charge is 0.306 e. The minimum atomic E-state index is -0.720. The number of aliphatic hydroxyl groups is 1. The summed E-state index contributed by atoms with van der Waals surface area (Å²) in [5.41, 5.74) is -0.701. The van der Waals surface area contributed by atoms with Crippen LogP contribution in [0.1, 0.15) is 32.1 Å². The molecule has 5 heteroatoms. The molecule has 2 rings (SSSR count). The highest BCUT2D eigenvalue weighted by atomic mass is 16.4. The summed E-state index contributed by atoms with van der Waals surface area (Å²) in [5, 5.41) is 22.8. The van der Waals surface area contributed by atoms with Gasteiger partial charge in [0.1, 0.15) is 0 Å². The normalized spacial score (nSPS) is 37.9. The molecule has 1 heterocycles. The number of carboxylic acid groups (broad SMARTS) is 1. The second-order valence-corrected chi connectivity index (χ2v) is 5.97. The summed E-state index contributed by atoms with van der Waals surface area (Å²) in [6, 6.07) is 0.469. The first-order valence-electron chi connectivity index (χ1n) is 6.86. The Morgan fingerprint density at radius 2 is 2.06 bits per heavy atom. The van der Waals surface area contributed by atoms with Crippen LogP contribution in [0, 0.1) is 5.92 Å². The maximum atomic E-state index is 10.9. The zero-order valence-corrected chi connectivity index (χ0v) is 11.1. The van der Waals surface area contributed by atoms with Crippen molar-refractivity contribution < 1.29 is 15.0 Å². The SMILES string of the molecule is CN1CCC(NCC2(O)CCC(C(=O)O)CC2)C1. The monoisotopic (exact) mass is 256 g/mol. The first-order chi connectivity index (χ1) is 8.48. The van der Waals surface area contributed by atoms with Crippen molar-refractivity contribution in [2.24, 2.45) is 5.92 Å². The van der Waals surface area contributed by atoms with E-state index in [-0.39, 0.29) is 5.92 Å². The standard InChI is InChI=1S/C13H24N2O3/c1-15-7-4-11(8-15)14-9-13(18)5-2-10(3-6-13)12(16)17/h10-11,14,18H,2-9H2,1H3,(H,16,17). The molecule has 0 aromatic heterocycles. The van der Waals surface area contributed by atoms with E-state index in [9.17, 15) is 9.90 Å². The third-order valence-corrected chi connectivity index (χ3v) is 4.38. The van der Waals surface area contributed by atoms with Gasteiger partial charge >= 0.3 is 5.97 Å². The van der Waals surface area contributed by atoms with Crippen LogP contribution < -0.4 is 5.32 Å². The van der Waals surface area contributed by atoms with Gasteiger partial charge in [-0.05, 0) is 45.7 Å². The Balaban J connectivity index is 1.74. The summed E-state index contributed by atoms with van der Waals surface area (Å²) >= 11 is 0. The van der Waals surface area contributed by atoms with Gasteiger partial charge in [-0.3, -0.25) is 4.79 Å². The average Bonchev–Trinajstić information content (AvgIpc) is 2.73. The van der Waals surface area contributed by atoms with Gasteiger partial charge in [-0.2, -0.15) is 0 Å². The van der Waals surface area contributed by atoms with E-state index in [0.717, 1.165) is 19.5 Å². The van der Waals surface area contributed by atoms with Crippen molar-refractivity contribution in [2.75, 3.05) is 26.7 Å². The molecule has 1 saturated heterocycles. The summed E-state index contributed by atoms with van der Waals surface area (Å²) in [6.07, 6.45) is 3.51. The first-order valence-corrected chi connectivity index (χ1v) is 6.86. The van der Waals surface area contributed by atoms with E-state index in [2.05, 4.69) is 17.3 Å². The molecule has 3 N–H and O–H groups in total. The lowest BCUT2D eigenvalue weighted by atomic mass is 9.78. The third kappa shape index (κ3) is 3.43. The zero-order valence-electron chi connectivity index (χ0n) is 11.1. The van der Waals surface area contributed by atoms with Crippen LogP contribution >= 0.6 is 0 Å². The summed E-state index contributed by atoms with van der Waals surface area (Å²) in [4.78, 5) is 13.1. The molecule has 0 spiro atoms. The molecular weight excluding hydrogens is 232 g/mol. The van der Waals surface area contributed by atoms with Crippen LogP contribution in [-0.2, 0) is 4.79 Å². The topological polar surface area (TPSA) is 72.8 Å². The number of aliphatic carboxylic acids is 1. The maximum Gasteiger partial charge on any atom is 0.306 e. The Morgan fingerprint density at radius 1 is 1.39 bits per heavy atom. The van der Waals surface area contributed by atoms with Gasteiger partial charge < -0.3 is 20.4 Å². The van der Waals surface area contributed by atoms with Crippen LogP contribution in [0.2, 0.25) is 0 Å². The van der Waals surface area contributed by atoms with Crippen LogP contribution in [0.5, 0.6) is 0 Å². The number of carboxylic acids is 1. The van der Waals surface area contributed by atoms with Crippen LogP contribution in [0.15, 0.2) is 0 Å². The number of carbonyl (C=O) groups is 1. The molecule has 0 aromatic carbocycles. The molecule has 0 radical (unpaired) electrons. The summed E-state index contributed by atoms with van der Waals surface area (Å²) in [6.45, 7) is 2.74. The number of likely N-dealkylation sites (N-methyl/N-ethyl adjacent to an activating group) is 1. The molecule has 1 unspecified atom stereocenters. The predicted molar refractivity (Wildman–Crippen MR) is 68.4 cm³/mol. The number of likely N-dealkylation sites (tertiary alicyclic amines) is 1. The largest absolute Gasteiger partial charge is 0.481 e. The van der Waals surface area contributed by atoms with Gasteiger partial charge in [-0.25, -0.2) is 0 Å². The average molecular weight is 256 g/mol. The Hall–Kier alpha value is -0.650. The fourth-order valence-corrected chi connectivity index (χ4v) is 3.01. The Bertz CT molecular complexity index is 301. The van der Waals surface area contributed by atoms with Crippen molar-refractivity contribution in [3.05, 3.63) is 0 Å². The Labute approximate surface area is 108 Å².